The monoisotopic (exact) mass is 342 g/mol. The Hall–Kier alpha value is -1.34. The third-order valence-electron chi connectivity index (χ3n) is 3.80. The minimum absolute atomic E-state index is 0. The van der Waals surface area contributed by atoms with Crippen molar-refractivity contribution < 1.29 is 19.0 Å². The summed E-state index contributed by atoms with van der Waals surface area (Å²) in [4.78, 5) is 12.0. The van der Waals surface area contributed by atoms with Crippen molar-refractivity contribution in [2.45, 2.75) is 25.0 Å². The Morgan fingerprint density at radius 3 is 2.74 bits per heavy atom. The van der Waals surface area contributed by atoms with Crippen molar-refractivity contribution in [2.75, 3.05) is 38.2 Å². The quantitative estimate of drug-likeness (QED) is 0.850. The number of hydrogen-bond acceptors (Lipinski definition) is 5. The number of anilines is 1. The lowest BCUT2D eigenvalue weighted by molar-refractivity contribution is -0.128. The van der Waals surface area contributed by atoms with Crippen LogP contribution in [0.5, 0.6) is 5.75 Å². The van der Waals surface area contributed by atoms with Crippen LogP contribution in [0.2, 0.25) is 0 Å². The summed E-state index contributed by atoms with van der Waals surface area (Å²) >= 11 is 0. The Balaban J connectivity index is 0.00000192. The number of nitrogens with one attached hydrogen (secondary N) is 2. The Morgan fingerprint density at radius 1 is 1.26 bits per heavy atom. The van der Waals surface area contributed by atoms with E-state index in [-0.39, 0.29) is 24.4 Å². The van der Waals surface area contributed by atoms with E-state index >= 15 is 0 Å². The predicted octanol–water partition coefficient (Wildman–Crippen LogP) is 1.59. The van der Waals surface area contributed by atoms with E-state index in [2.05, 4.69) is 10.6 Å². The molecule has 0 radical (unpaired) electrons. The molecule has 2 fully saturated rings. The van der Waals surface area contributed by atoms with E-state index in [0.717, 1.165) is 37.4 Å². The van der Waals surface area contributed by atoms with Crippen LogP contribution in [0, 0.1) is 0 Å². The van der Waals surface area contributed by atoms with Crippen LogP contribution in [0.1, 0.15) is 12.8 Å². The average molecular weight is 343 g/mol. The number of amides is 1. The van der Waals surface area contributed by atoms with Crippen molar-refractivity contribution in [1.82, 2.24) is 5.32 Å². The average Bonchev–Trinajstić information content (AvgIpc) is 3.08. The molecule has 23 heavy (non-hydrogen) atoms. The first-order chi connectivity index (χ1) is 10.8. The van der Waals surface area contributed by atoms with Crippen LogP contribution >= 0.6 is 12.4 Å². The molecule has 3 rings (SSSR count). The van der Waals surface area contributed by atoms with Gasteiger partial charge < -0.3 is 24.8 Å². The van der Waals surface area contributed by atoms with E-state index in [1.807, 2.05) is 24.3 Å². The molecule has 2 saturated heterocycles. The summed E-state index contributed by atoms with van der Waals surface area (Å²) in [7, 11) is 0. The molecule has 0 spiro atoms. The number of rotatable bonds is 5. The highest BCUT2D eigenvalue weighted by Gasteiger charge is 2.21. The molecular formula is C16H23ClN2O4. The highest BCUT2D eigenvalue weighted by molar-refractivity contribution is 5.94. The molecular weight excluding hydrogens is 320 g/mol. The SMILES string of the molecule is Cl.O=C(Nc1ccc(OCC2CCCO2)cc1)C1CNCCO1. The Bertz CT molecular complexity index is 485. The van der Waals surface area contributed by atoms with Gasteiger partial charge in [0.25, 0.3) is 5.91 Å². The summed E-state index contributed by atoms with van der Waals surface area (Å²) in [6.07, 6.45) is 1.94. The predicted molar refractivity (Wildman–Crippen MR) is 89.4 cm³/mol. The zero-order valence-corrected chi connectivity index (χ0v) is 13.8. The van der Waals surface area contributed by atoms with E-state index in [1.165, 1.54) is 0 Å². The molecule has 7 heteroatoms. The Morgan fingerprint density at radius 2 is 2.09 bits per heavy atom. The van der Waals surface area contributed by atoms with Crippen LogP contribution in [0.15, 0.2) is 24.3 Å². The second-order valence-corrected chi connectivity index (χ2v) is 5.52. The number of halogens is 1. The Kier molecular flexibility index (Phi) is 7.11. The van der Waals surface area contributed by atoms with Gasteiger partial charge in [-0.3, -0.25) is 4.79 Å². The standard InChI is InChI=1S/C16H22N2O4.ClH/c19-16(15-10-17-7-9-21-15)18-12-3-5-13(6-4-12)22-11-14-2-1-8-20-14;/h3-6,14-15,17H,1-2,7-11H2,(H,18,19);1H. The smallest absolute Gasteiger partial charge is 0.254 e. The Labute approximate surface area is 142 Å². The van der Waals surface area contributed by atoms with Gasteiger partial charge in [-0.05, 0) is 37.1 Å². The molecule has 0 bridgehead atoms. The van der Waals surface area contributed by atoms with Gasteiger partial charge in [0.1, 0.15) is 18.5 Å². The lowest BCUT2D eigenvalue weighted by Crippen LogP contribution is -2.45. The molecule has 2 unspecified atom stereocenters. The van der Waals surface area contributed by atoms with Gasteiger partial charge in [0.15, 0.2) is 0 Å². The number of benzene rings is 1. The van der Waals surface area contributed by atoms with Gasteiger partial charge in [0.05, 0.1) is 12.7 Å². The summed E-state index contributed by atoms with van der Waals surface area (Å²) in [6, 6.07) is 7.37. The van der Waals surface area contributed by atoms with E-state index in [9.17, 15) is 4.79 Å². The molecule has 2 atom stereocenters. The van der Waals surface area contributed by atoms with Crippen molar-refractivity contribution in [3.8, 4) is 5.75 Å². The first-order valence-electron chi connectivity index (χ1n) is 7.79. The number of ether oxygens (including phenoxy) is 3. The topological polar surface area (TPSA) is 68.8 Å². The minimum Gasteiger partial charge on any atom is -0.491 e. The van der Waals surface area contributed by atoms with E-state index in [0.29, 0.717) is 19.8 Å². The number of hydrogen-bond donors (Lipinski definition) is 2. The number of carbonyl (C=O) groups excluding carboxylic acids is 1. The molecule has 2 aliphatic rings. The van der Waals surface area contributed by atoms with Crippen LogP contribution in [-0.4, -0.2) is 51.0 Å². The van der Waals surface area contributed by atoms with Gasteiger partial charge in [-0.2, -0.15) is 0 Å². The molecule has 1 aromatic carbocycles. The fraction of sp³-hybridized carbons (Fsp3) is 0.562. The molecule has 2 aliphatic heterocycles. The molecule has 0 aliphatic carbocycles. The second-order valence-electron chi connectivity index (χ2n) is 5.52. The van der Waals surface area contributed by atoms with Crippen LogP contribution in [0.25, 0.3) is 0 Å². The molecule has 0 saturated carbocycles. The molecule has 2 N–H and O–H groups in total. The molecule has 128 valence electrons. The largest absolute Gasteiger partial charge is 0.491 e. The third-order valence-corrected chi connectivity index (χ3v) is 3.80. The number of morpholine rings is 1. The fourth-order valence-corrected chi connectivity index (χ4v) is 2.56. The fourth-order valence-electron chi connectivity index (χ4n) is 2.56. The lowest BCUT2D eigenvalue weighted by atomic mass is 10.2. The van der Waals surface area contributed by atoms with Gasteiger partial charge in [-0.15, -0.1) is 12.4 Å². The van der Waals surface area contributed by atoms with E-state index in [1.54, 1.807) is 0 Å². The molecule has 1 amide bonds. The third kappa shape index (κ3) is 5.35. The van der Waals surface area contributed by atoms with Crippen molar-refractivity contribution in [2.24, 2.45) is 0 Å². The maximum atomic E-state index is 12.0. The van der Waals surface area contributed by atoms with Gasteiger partial charge in [0.2, 0.25) is 0 Å². The van der Waals surface area contributed by atoms with E-state index in [4.69, 9.17) is 14.2 Å². The van der Waals surface area contributed by atoms with Crippen LogP contribution in [0.4, 0.5) is 5.69 Å². The summed E-state index contributed by atoms with van der Waals surface area (Å²) in [5.41, 5.74) is 0.739. The maximum absolute atomic E-state index is 12.0. The van der Waals surface area contributed by atoms with Gasteiger partial charge in [-0.1, -0.05) is 0 Å². The zero-order chi connectivity index (χ0) is 15.2. The van der Waals surface area contributed by atoms with Gasteiger partial charge in [-0.25, -0.2) is 0 Å². The first kappa shape index (κ1) is 18.0. The minimum atomic E-state index is -0.427. The summed E-state index contributed by atoms with van der Waals surface area (Å²) in [5, 5.41) is 5.99. The lowest BCUT2D eigenvalue weighted by Gasteiger charge is -2.22. The normalized spacial score (nSPS) is 23.8. The molecule has 2 heterocycles. The van der Waals surface area contributed by atoms with Crippen LogP contribution < -0.4 is 15.4 Å². The summed E-state index contributed by atoms with van der Waals surface area (Å²) in [6.45, 7) is 3.31. The maximum Gasteiger partial charge on any atom is 0.254 e. The first-order valence-corrected chi connectivity index (χ1v) is 7.79. The summed E-state index contributed by atoms with van der Waals surface area (Å²) < 4.78 is 16.6. The van der Waals surface area contributed by atoms with Crippen molar-refractivity contribution in [3.63, 3.8) is 0 Å². The van der Waals surface area contributed by atoms with Crippen LogP contribution in [0.3, 0.4) is 0 Å². The molecule has 0 aromatic heterocycles. The highest BCUT2D eigenvalue weighted by Crippen LogP contribution is 2.18. The van der Waals surface area contributed by atoms with Crippen LogP contribution in [-0.2, 0) is 14.3 Å². The van der Waals surface area contributed by atoms with Crippen molar-refractivity contribution in [3.05, 3.63) is 24.3 Å². The van der Waals surface area contributed by atoms with Crippen molar-refractivity contribution in [1.29, 1.82) is 0 Å². The van der Waals surface area contributed by atoms with E-state index < -0.39 is 6.10 Å². The summed E-state index contributed by atoms with van der Waals surface area (Å²) in [5.74, 6) is 0.657. The van der Waals surface area contributed by atoms with Gasteiger partial charge >= 0.3 is 0 Å². The molecule has 6 nitrogen and oxygen atoms in total. The zero-order valence-electron chi connectivity index (χ0n) is 13.0. The molecule has 1 aromatic rings. The number of carbonyl (C=O) groups is 1. The highest BCUT2D eigenvalue weighted by atomic mass is 35.5. The second kappa shape index (κ2) is 9.08. The van der Waals surface area contributed by atoms with Gasteiger partial charge in [0, 0.05) is 25.4 Å². The van der Waals surface area contributed by atoms with Crippen molar-refractivity contribution >= 4 is 24.0 Å².